The maximum absolute atomic E-state index is 11.9. The Hall–Kier alpha value is -1.82. The van der Waals surface area contributed by atoms with Crippen LogP contribution < -0.4 is 15.5 Å². The van der Waals surface area contributed by atoms with Gasteiger partial charge in [-0.05, 0) is 37.3 Å². The van der Waals surface area contributed by atoms with Gasteiger partial charge in [0.15, 0.2) is 0 Å². The molecule has 1 aliphatic carbocycles. The molecule has 6 heteroatoms. The molecule has 1 saturated carbocycles. The normalized spacial score (nSPS) is 20.0. The number of nitrogens with one attached hydrogen (secondary N) is 2. The summed E-state index contributed by atoms with van der Waals surface area (Å²) in [6.07, 6.45) is 9.08. The van der Waals surface area contributed by atoms with Crippen LogP contribution in [0.1, 0.15) is 50.5 Å². The summed E-state index contributed by atoms with van der Waals surface area (Å²) in [5.74, 6) is 1.01. The number of hydrogen-bond acceptors (Lipinski definition) is 4. The van der Waals surface area contributed by atoms with E-state index in [1.165, 1.54) is 19.3 Å². The molecule has 6 nitrogen and oxygen atoms in total. The van der Waals surface area contributed by atoms with E-state index in [9.17, 15) is 9.90 Å². The Balaban J connectivity index is 1.40. The minimum Gasteiger partial charge on any atom is -0.388 e. The standard InChI is InChI=1S/C18H28N4O2/c23-17(21-14-18(24)8-2-1-3-9-18)20-13-15-6-7-16(19-12-15)22-10-4-5-11-22/h6-7,12,24H,1-5,8-11,13-14H2,(H2,20,21,23). The average molecular weight is 332 g/mol. The van der Waals surface area contributed by atoms with Crippen molar-refractivity contribution >= 4 is 11.8 Å². The zero-order valence-corrected chi connectivity index (χ0v) is 14.3. The molecule has 3 rings (SSSR count). The number of aromatic nitrogens is 1. The van der Waals surface area contributed by atoms with Gasteiger partial charge in [0.25, 0.3) is 0 Å². The Morgan fingerprint density at radius 2 is 1.88 bits per heavy atom. The molecule has 1 aliphatic heterocycles. The Morgan fingerprint density at radius 1 is 1.12 bits per heavy atom. The molecular formula is C18H28N4O2. The fraction of sp³-hybridized carbons (Fsp3) is 0.667. The van der Waals surface area contributed by atoms with Crippen LogP contribution in [0.2, 0.25) is 0 Å². The van der Waals surface area contributed by atoms with Crippen LogP contribution in [0.5, 0.6) is 0 Å². The lowest BCUT2D eigenvalue weighted by Crippen LogP contribution is -2.47. The van der Waals surface area contributed by atoms with Gasteiger partial charge in [0.05, 0.1) is 5.60 Å². The molecule has 1 saturated heterocycles. The minimum atomic E-state index is -0.728. The van der Waals surface area contributed by atoms with Crippen molar-refractivity contribution in [2.45, 2.75) is 57.1 Å². The van der Waals surface area contributed by atoms with Crippen LogP contribution >= 0.6 is 0 Å². The first kappa shape index (κ1) is 17.0. The zero-order valence-electron chi connectivity index (χ0n) is 14.3. The number of nitrogens with zero attached hydrogens (tertiary/aromatic N) is 2. The summed E-state index contributed by atoms with van der Waals surface area (Å²) >= 11 is 0. The molecule has 2 amide bonds. The molecule has 0 radical (unpaired) electrons. The van der Waals surface area contributed by atoms with Gasteiger partial charge in [-0.25, -0.2) is 9.78 Å². The SMILES string of the molecule is O=C(NCc1ccc(N2CCCC2)nc1)NCC1(O)CCCCC1. The molecule has 0 bridgehead atoms. The summed E-state index contributed by atoms with van der Waals surface area (Å²) in [6.45, 7) is 2.92. The molecule has 24 heavy (non-hydrogen) atoms. The fourth-order valence-electron chi connectivity index (χ4n) is 3.53. The van der Waals surface area contributed by atoms with Gasteiger partial charge in [-0.3, -0.25) is 0 Å². The Bertz CT molecular complexity index is 534. The highest BCUT2D eigenvalue weighted by Crippen LogP contribution is 2.27. The third kappa shape index (κ3) is 4.60. The number of carbonyl (C=O) groups is 1. The highest BCUT2D eigenvalue weighted by Gasteiger charge is 2.29. The molecular weight excluding hydrogens is 304 g/mol. The first-order chi connectivity index (χ1) is 11.6. The van der Waals surface area contributed by atoms with Crippen LogP contribution in [0.15, 0.2) is 18.3 Å². The second-order valence-electron chi connectivity index (χ2n) is 7.04. The quantitative estimate of drug-likeness (QED) is 0.772. The van der Waals surface area contributed by atoms with Crippen LogP contribution in [0.25, 0.3) is 0 Å². The second-order valence-corrected chi connectivity index (χ2v) is 7.04. The Kier molecular flexibility index (Phi) is 5.56. The van der Waals surface area contributed by atoms with Crippen molar-refractivity contribution < 1.29 is 9.90 Å². The smallest absolute Gasteiger partial charge is 0.315 e. The van der Waals surface area contributed by atoms with Gasteiger partial charge in [-0.15, -0.1) is 0 Å². The molecule has 1 aromatic heterocycles. The van der Waals surface area contributed by atoms with Crippen molar-refractivity contribution in [3.8, 4) is 0 Å². The highest BCUT2D eigenvalue weighted by molar-refractivity contribution is 5.73. The zero-order chi connectivity index (χ0) is 16.8. The van der Waals surface area contributed by atoms with E-state index >= 15 is 0 Å². The largest absolute Gasteiger partial charge is 0.388 e. The van der Waals surface area contributed by atoms with E-state index in [0.29, 0.717) is 13.1 Å². The monoisotopic (exact) mass is 332 g/mol. The summed E-state index contributed by atoms with van der Waals surface area (Å²) in [7, 11) is 0. The van der Waals surface area contributed by atoms with Crippen LogP contribution in [0, 0.1) is 0 Å². The number of carbonyl (C=O) groups excluding carboxylic acids is 1. The van der Waals surface area contributed by atoms with Gasteiger partial charge >= 0.3 is 6.03 Å². The van der Waals surface area contributed by atoms with Gasteiger partial charge < -0.3 is 20.6 Å². The molecule has 0 atom stereocenters. The van der Waals surface area contributed by atoms with Crippen molar-refractivity contribution in [2.75, 3.05) is 24.5 Å². The Labute approximate surface area is 143 Å². The Morgan fingerprint density at radius 3 is 2.54 bits per heavy atom. The molecule has 2 aliphatic rings. The number of amides is 2. The topological polar surface area (TPSA) is 77.5 Å². The summed E-state index contributed by atoms with van der Waals surface area (Å²) in [5.41, 5.74) is 0.249. The molecule has 0 unspecified atom stereocenters. The first-order valence-corrected chi connectivity index (χ1v) is 9.09. The van der Waals surface area contributed by atoms with Crippen LogP contribution in [-0.4, -0.2) is 41.4 Å². The van der Waals surface area contributed by atoms with Gasteiger partial charge in [0.1, 0.15) is 5.82 Å². The first-order valence-electron chi connectivity index (χ1n) is 9.09. The van der Waals surface area contributed by atoms with Gasteiger partial charge in [0, 0.05) is 32.4 Å². The maximum Gasteiger partial charge on any atom is 0.315 e. The summed E-state index contributed by atoms with van der Waals surface area (Å²) in [4.78, 5) is 18.7. The van der Waals surface area contributed by atoms with Crippen molar-refractivity contribution in [1.29, 1.82) is 0 Å². The predicted octanol–water partition coefficient (Wildman–Crippen LogP) is 2.18. The fourth-order valence-corrected chi connectivity index (χ4v) is 3.53. The summed E-state index contributed by atoms with van der Waals surface area (Å²) in [5, 5.41) is 16.0. The van der Waals surface area contributed by atoms with Crippen molar-refractivity contribution in [2.24, 2.45) is 0 Å². The van der Waals surface area contributed by atoms with E-state index in [-0.39, 0.29) is 6.03 Å². The molecule has 3 N–H and O–H groups in total. The van der Waals surface area contributed by atoms with Crippen LogP contribution in [0.3, 0.4) is 0 Å². The molecule has 1 aromatic rings. The number of anilines is 1. The summed E-state index contributed by atoms with van der Waals surface area (Å²) in [6, 6.07) is 3.79. The minimum absolute atomic E-state index is 0.238. The highest BCUT2D eigenvalue weighted by atomic mass is 16.3. The van der Waals surface area contributed by atoms with Crippen molar-refractivity contribution in [3.05, 3.63) is 23.9 Å². The second kappa shape index (κ2) is 7.83. The molecule has 2 heterocycles. The van der Waals surface area contributed by atoms with Crippen LogP contribution in [0.4, 0.5) is 10.6 Å². The van der Waals surface area contributed by atoms with Crippen molar-refractivity contribution in [3.63, 3.8) is 0 Å². The lowest BCUT2D eigenvalue weighted by atomic mass is 9.85. The number of rotatable bonds is 5. The third-order valence-corrected chi connectivity index (χ3v) is 5.05. The number of urea groups is 1. The van der Waals surface area contributed by atoms with E-state index in [4.69, 9.17) is 0 Å². The van der Waals surface area contributed by atoms with E-state index in [2.05, 4.69) is 20.5 Å². The van der Waals surface area contributed by atoms with E-state index in [1.54, 1.807) is 0 Å². The predicted molar refractivity (Wildman–Crippen MR) is 94.0 cm³/mol. The molecule has 132 valence electrons. The van der Waals surface area contributed by atoms with Crippen LogP contribution in [-0.2, 0) is 6.54 Å². The molecule has 2 fully saturated rings. The van der Waals surface area contributed by atoms with E-state index in [0.717, 1.165) is 50.2 Å². The van der Waals surface area contributed by atoms with Crippen molar-refractivity contribution in [1.82, 2.24) is 15.6 Å². The molecule has 0 aromatic carbocycles. The average Bonchev–Trinajstić information content (AvgIpc) is 3.14. The maximum atomic E-state index is 11.9. The summed E-state index contributed by atoms with van der Waals surface area (Å²) < 4.78 is 0. The van der Waals surface area contributed by atoms with Gasteiger partial charge in [-0.2, -0.15) is 0 Å². The third-order valence-electron chi connectivity index (χ3n) is 5.05. The molecule has 0 spiro atoms. The lowest BCUT2D eigenvalue weighted by Gasteiger charge is -2.32. The van der Waals surface area contributed by atoms with E-state index in [1.807, 2.05) is 18.3 Å². The van der Waals surface area contributed by atoms with E-state index < -0.39 is 5.60 Å². The van der Waals surface area contributed by atoms with Gasteiger partial charge in [-0.1, -0.05) is 25.3 Å². The number of pyridine rings is 1. The van der Waals surface area contributed by atoms with Gasteiger partial charge in [0.2, 0.25) is 0 Å². The lowest BCUT2D eigenvalue weighted by molar-refractivity contribution is 0.00719. The number of aliphatic hydroxyl groups is 1. The number of hydrogen-bond donors (Lipinski definition) is 3.